The molecule has 5 aromatic carbocycles. The Kier molecular flexibility index (Phi) is 12.9. The number of phenols is 1. The van der Waals surface area contributed by atoms with Crippen LogP contribution in [0.4, 0.5) is 0 Å². The summed E-state index contributed by atoms with van der Waals surface area (Å²) in [4.78, 5) is 12.6. The van der Waals surface area contributed by atoms with Gasteiger partial charge in [-0.2, -0.15) is 0 Å². The van der Waals surface area contributed by atoms with Gasteiger partial charge < -0.3 is 20.4 Å². The van der Waals surface area contributed by atoms with Crippen LogP contribution in [-0.2, 0) is 0 Å². The smallest absolute Gasteiger partial charge is 0.872 e. The van der Waals surface area contributed by atoms with Crippen LogP contribution < -0.4 is 15.3 Å². The van der Waals surface area contributed by atoms with E-state index in [9.17, 15) is 20.4 Å². The van der Waals surface area contributed by atoms with E-state index >= 15 is 0 Å². The molecular formula is C42H34AlN3O4. The zero-order valence-corrected chi connectivity index (χ0v) is 29.1. The van der Waals surface area contributed by atoms with Crippen LogP contribution in [0.5, 0.6) is 23.0 Å². The van der Waals surface area contributed by atoms with E-state index in [4.69, 9.17) is 0 Å². The van der Waals surface area contributed by atoms with Crippen LogP contribution in [-0.4, -0.2) is 37.4 Å². The quantitative estimate of drug-likeness (QED) is 0.179. The number of para-hydroxylation sites is 3. The Labute approximate surface area is 302 Å². The van der Waals surface area contributed by atoms with Crippen LogP contribution in [0.15, 0.2) is 146 Å². The fourth-order valence-corrected chi connectivity index (χ4v) is 4.97. The summed E-state index contributed by atoms with van der Waals surface area (Å²) >= 11 is 0. The van der Waals surface area contributed by atoms with Crippen molar-refractivity contribution in [1.82, 2.24) is 15.0 Å². The number of hydrogen-bond acceptors (Lipinski definition) is 7. The largest absolute Gasteiger partial charge is 3.00 e. The van der Waals surface area contributed by atoms with Crippen molar-refractivity contribution in [3.05, 3.63) is 163 Å². The number of aryl methyl sites for hydroxylation is 3. The van der Waals surface area contributed by atoms with Crippen LogP contribution in [0.3, 0.4) is 0 Å². The van der Waals surface area contributed by atoms with Crippen molar-refractivity contribution in [3.63, 3.8) is 0 Å². The maximum Gasteiger partial charge on any atom is 3.00 e. The minimum Gasteiger partial charge on any atom is -0.872 e. The molecule has 244 valence electrons. The van der Waals surface area contributed by atoms with Gasteiger partial charge in [0.2, 0.25) is 0 Å². The first-order valence-electron chi connectivity index (χ1n) is 15.6. The minimum absolute atomic E-state index is 0. The predicted octanol–water partition coefficient (Wildman–Crippen LogP) is 7.53. The molecule has 0 aliphatic carbocycles. The molecule has 0 aliphatic rings. The van der Waals surface area contributed by atoms with Crippen LogP contribution in [0.1, 0.15) is 17.1 Å². The molecule has 8 rings (SSSR count). The van der Waals surface area contributed by atoms with Gasteiger partial charge in [-0.25, -0.2) is 4.98 Å². The average molecular weight is 672 g/mol. The minimum atomic E-state index is -0.00352. The SMILES string of the molecule is Cc1ccc2cccc(O)c2n1.Cc1ccc2cccc([O-])c2n1.Cc1ccc2cccc([O-])c2n1.[Al+3].[O-]c1cccc(-c2ccccc2)c1. The topological polar surface area (TPSA) is 128 Å². The standard InChI is InChI=1S/C12H10O.3C10H9NO.Al/c13-12-8-4-7-11(9-12)10-5-2-1-3-6-10;3*1-7-5-6-8-3-2-4-9(12)10(8)11-7;/h1-9,13H;3*2-6,12H,1H3;/q;;;;+3/p-3. The van der Waals surface area contributed by atoms with Crippen molar-refractivity contribution in [2.24, 2.45) is 0 Å². The molecular weight excluding hydrogens is 637 g/mol. The van der Waals surface area contributed by atoms with E-state index in [1.807, 2.05) is 118 Å². The van der Waals surface area contributed by atoms with E-state index < -0.39 is 0 Å². The maximum absolute atomic E-state index is 11.3. The van der Waals surface area contributed by atoms with Crippen LogP contribution in [0.25, 0.3) is 43.8 Å². The number of fused-ring (bicyclic) bond motifs is 3. The predicted molar refractivity (Wildman–Crippen MR) is 197 cm³/mol. The Balaban J connectivity index is 0.000000149. The van der Waals surface area contributed by atoms with E-state index in [0.29, 0.717) is 16.6 Å². The van der Waals surface area contributed by atoms with E-state index in [1.54, 1.807) is 36.4 Å². The third kappa shape index (κ3) is 9.80. The molecule has 0 bridgehead atoms. The van der Waals surface area contributed by atoms with E-state index in [1.165, 1.54) is 12.1 Å². The fraction of sp³-hybridized carbons (Fsp3) is 0.0714. The van der Waals surface area contributed by atoms with Gasteiger partial charge in [0, 0.05) is 22.5 Å². The first kappa shape index (κ1) is 36.9. The Morgan fingerprint density at radius 2 is 0.840 bits per heavy atom. The zero-order chi connectivity index (χ0) is 34.8. The number of phenolic OH excluding ortho intramolecular Hbond substituents is 1. The molecule has 0 saturated heterocycles. The number of aromatic hydroxyl groups is 1. The Morgan fingerprint density at radius 1 is 0.420 bits per heavy atom. The van der Waals surface area contributed by atoms with Crippen LogP contribution >= 0.6 is 0 Å². The summed E-state index contributed by atoms with van der Waals surface area (Å²) in [5.74, 6) is 0.296. The number of rotatable bonds is 1. The summed E-state index contributed by atoms with van der Waals surface area (Å²) in [5, 5.41) is 45.8. The molecule has 8 aromatic rings. The zero-order valence-electron chi connectivity index (χ0n) is 27.9. The van der Waals surface area contributed by atoms with Crippen LogP contribution in [0.2, 0.25) is 0 Å². The molecule has 0 radical (unpaired) electrons. The molecule has 0 fully saturated rings. The summed E-state index contributed by atoms with van der Waals surface area (Å²) < 4.78 is 0. The molecule has 3 heterocycles. The summed E-state index contributed by atoms with van der Waals surface area (Å²) in [7, 11) is 0. The summed E-state index contributed by atoms with van der Waals surface area (Å²) in [6.07, 6.45) is 0. The van der Waals surface area contributed by atoms with Gasteiger partial charge in [0.1, 0.15) is 11.3 Å². The second-order valence-corrected chi connectivity index (χ2v) is 11.3. The Morgan fingerprint density at radius 3 is 1.34 bits per heavy atom. The van der Waals surface area contributed by atoms with Crippen molar-refractivity contribution in [2.75, 3.05) is 0 Å². The molecule has 0 saturated carbocycles. The number of benzene rings is 5. The second kappa shape index (κ2) is 17.5. The molecule has 1 N–H and O–H groups in total. The molecule has 0 spiro atoms. The van der Waals surface area contributed by atoms with Gasteiger partial charge >= 0.3 is 17.4 Å². The molecule has 0 amide bonds. The van der Waals surface area contributed by atoms with E-state index in [0.717, 1.165) is 44.4 Å². The number of hydrogen-bond donors (Lipinski definition) is 1. The number of nitrogens with zero attached hydrogens (tertiary/aromatic N) is 3. The molecule has 3 aromatic heterocycles. The molecule has 0 atom stereocenters. The Hall–Kier alpha value is -5.94. The number of pyridine rings is 3. The van der Waals surface area contributed by atoms with E-state index in [2.05, 4.69) is 15.0 Å². The molecule has 50 heavy (non-hydrogen) atoms. The van der Waals surface area contributed by atoms with Gasteiger partial charge in [-0.05, 0) is 66.9 Å². The van der Waals surface area contributed by atoms with Gasteiger partial charge in [0.05, 0.1) is 11.0 Å². The van der Waals surface area contributed by atoms with Gasteiger partial charge in [0.15, 0.2) is 0 Å². The average Bonchev–Trinajstić information content (AvgIpc) is 3.11. The number of aromatic nitrogens is 3. The monoisotopic (exact) mass is 671 g/mol. The van der Waals surface area contributed by atoms with Gasteiger partial charge in [-0.15, -0.1) is 5.75 Å². The Bertz CT molecular complexity index is 2130. The van der Waals surface area contributed by atoms with Gasteiger partial charge in [-0.3, -0.25) is 9.97 Å². The van der Waals surface area contributed by atoms with Crippen LogP contribution in [0, 0.1) is 20.8 Å². The van der Waals surface area contributed by atoms with Crippen molar-refractivity contribution in [1.29, 1.82) is 0 Å². The molecule has 8 heteroatoms. The van der Waals surface area contributed by atoms with Gasteiger partial charge in [0.25, 0.3) is 0 Å². The second-order valence-electron chi connectivity index (χ2n) is 11.3. The maximum atomic E-state index is 11.3. The van der Waals surface area contributed by atoms with Crippen molar-refractivity contribution in [2.45, 2.75) is 20.8 Å². The summed E-state index contributed by atoms with van der Waals surface area (Å²) in [6, 6.07) is 44.1. The third-order valence-electron chi connectivity index (χ3n) is 7.42. The van der Waals surface area contributed by atoms with Crippen molar-refractivity contribution < 1.29 is 20.4 Å². The first-order valence-corrected chi connectivity index (χ1v) is 15.6. The first-order chi connectivity index (χ1) is 23.7. The summed E-state index contributed by atoms with van der Waals surface area (Å²) in [6.45, 7) is 5.67. The third-order valence-corrected chi connectivity index (χ3v) is 7.42. The fourth-order valence-electron chi connectivity index (χ4n) is 4.97. The van der Waals surface area contributed by atoms with Crippen molar-refractivity contribution in [3.8, 4) is 34.1 Å². The van der Waals surface area contributed by atoms with E-state index in [-0.39, 0.29) is 40.4 Å². The normalized spacial score (nSPS) is 10.1. The van der Waals surface area contributed by atoms with Crippen molar-refractivity contribution >= 4 is 50.1 Å². The molecule has 0 unspecified atom stereocenters. The molecule has 7 nitrogen and oxygen atoms in total. The summed E-state index contributed by atoms with van der Waals surface area (Å²) in [5.41, 5.74) is 6.56. The molecule has 0 aliphatic heterocycles. The van der Waals surface area contributed by atoms with Gasteiger partial charge in [-0.1, -0.05) is 133 Å².